The summed E-state index contributed by atoms with van der Waals surface area (Å²) in [5, 5.41) is 0.346. The van der Waals surface area contributed by atoms with Crippen molar-refractivity contribution in [1.82, 2.24) is 9.97 Å². The Morgan fingerprint density at radius 2 is 2.24 bits per heavy atom. The Morgan fingerprint density at radius 3 is 2.94 bits per heavy atom. The van der Waals surface area contributed by atoms with E-state index in [-0.39, 0.29) is 21.7 Å². The van der Waals surface area contributed by atoms with Crippen LogP contribution in [0.1, 0.15) is 0 Å². The number of aromatic amines is 1. The summed E-state index contributed by atoms with van der Waals surface area (Å²) in [6.07, 6.45) is 1.23. The Balaban J connectivity index is 2.45. The van der Waals surface area contributed by atoms with Gasteiger partial charge in [-0.1, -0.05) is 17.7 Å². The van der Waals surface area contributed by atoms with Crippen LogP contribution in [0.3, 0.4) is 0 Å². The number of aromatic nitrogens is 2. The maximum absolute atomic E-state index is 11.3. The van der Waals surface area contributed by atoms with Crippen LogP contribution in [0.15, 0.2) is 33.8 Å². The van der Waals surface area contributed by atoms with E-state index in [0.29, 0.717) is 10.7 Å². The zero-order valence-electron chi connectivity index (χ0n) is 8.41. The van der Waals surface area contributed by atoms with Crippen molar-refractivity contribution < 1.29 is 4.74 Å². The fourth-order valence-corrected chi connectivity index (χ4v) is 1.69. The second kappa shape index (κ2) is 4.77. The molecule has 3 N–H and O–H groups in total. The summed E-state index contributed by atoms with van der Waals surface area (Å²) in [6, 6.07) is 4.97. The molecule has 0 fully saturated rings. The Morgan fingerprint density at radius 1 is 1.47 bits per heavy atom. The van der Waals surface area contributed by atoms with Crippen molar-refractivity contribution in [3.63, 3.8) is 0 Å². The molecule has 0 unspecified atom stereocenters. The molecular weight excluding hydrogens is 309 g/mol. The normalized spacial score (nSPS) is 10.2. The van der Waals surface area contributed by atoms with Gasteiger partial charge < -0.3 is 15.5 Å². The molecule has 1 aromatic carbocycles. The predicted octanol–water partition coefficient (Wildman–Crippen LogP) is 2.56. The highest BCUT2D eigenvalue weighted by Gasteiger charge is 2.12. The van der Waals surface area contributed by atoms with Gasteiger partial charge in [0.25, 0.3) is 5.56 Å². The summed E-state index contributed by atoms with van der Waals surface area (Å²) in [5.41, 5.74) is 5.74. The van der Waals surface area contributed by atoms with Crippen LogP contribution in [0.2, 0.25) is 5.02 Å². The Hall–Kier alpha value is -1.53. The van der Waals surface area contributed by atoms with Crippen molar-refractivity contribution in [2.45, 2.75) is 0 Å². The molecule has 7 heteroatoms. The van der Waals surface area contributed by atoms with Crippen LogP contribution in [0.25, 0.3) is 0 Å². The van der Waals surface area contributed by atoms with Crippen molar-refractivity contribution in [2.24, 2.45) is 0 Å². The highest BCUT2D eigenvalue weighted by atomic mass is 79.9. The number of ether oxygens (including phenoxy) is 1. The molecule has 0 amide bonds. The first-order valence-electron chi connectivity index (χ1n) is 4.54. The zero-order valence-corrected chi connectivity index (χ0v) is 10.7. The number of anilines is 1. The Labute approximate surface area is 110 Å². The molecule has 5 nitrogen and oxygen atoms in total. The maximum Gasteiger partial charge on any atom is 0.268 e. The van der Waals surface area contributed by atoms with Gasteiger partial charge in [-0.05, 0) is 28.1 Å². The minimum Gasteiger partial charge on any atom is -0.434 e. The smallest absolute Gasteiger partial charge is 0.268 e. The molecule has 0 radical (unpaired) electrons. The number of nitrogens with one attached hydrogen (secondary N) is 1. The van der Waals surface area contributed by atoms with Crippen LogP contribution in [0.5, 0.6) is 11.6 Å². The number of H-pyrrole nitrogens is 1. The number of hydrogen-bond acceptors (Lipinski definition) is 4. The van der Waals surface area contributed by atoms with E-state index in [1.54, 1.807) is 18.2 Å². The van der Waals surface area contributed by atoms with Crippen LogP contribution in [-0.2, 0) is 0 Å². The summed E-state index contributed by atoms with van der Waals surface area (Å²) in [6.45, 7) is 0. The van der Waals surface area contributed by atoms with Gasteiger partial charge in [0.05, 0.1) is 17.0 Å². The minimum absolute atomic E-state index is 0.105. The molecule has 2 aromatic rings. The topological polar surface area (TPSA) is 81.0 Å². The fourth-order valence-electron chi connectivity index (χ4n) is 1.17. The van der Waals surface area contributed by atoms with E-state index in [0.717, 1.165) is 0 Å². The first kappa shape index (κ1) is 11.9. The molecule has 0 aliphatic heterocycles. The standard InChI is InChI=1S/C10H7BrClN3O2/c11-7-9(16)14-4-15-10(7)17-8-5(12)2-1-3-6(8)13/h1-4H,13H2,(H,14,15,16). The van der Waals surface area contributed by atoms with E-state index < -0.39 is 0 Å². The van der Waals surface area contributed by atoms with E-state index in [2.05, 4.69) is 25.9 Å². The van der Waals surface area contributed by atoms with E-state index >= 15 is 0 Å². The lowest BCUT2D eigenvalue weighted by atomic mass is 10.3. The van der Waals surface area contributed by atoms with Gasteiger partial charge in [0.1, 0.15) is 4.47 Å². The maximum atomic E-state index is 11.3. The average Bonchev–Trinajstić information content (AvgIpc) is 2.29. The molecule has 0 atom stereocenters. The predicted molar refractivity (Wildman–Crippen MR) is 68.5 cm³/mol. The number of benzene rings is 1. The van der Waals surface area contributed by atoms with Crippen LogP contribution in [0, 0.1) is 0 Å². The summed E-state index contributed by atoms with van der Waals surface area (Å²) < 4.78 is 5.60. The van der Waals surface area contributed by atoms with E-state index in [9.17, 15) is 4.79 Å². The van der Waals surface area contributed by atoms with E-state index in [4.69, 9.17) is 22.1 Å². The monoisotopic (exact) mass is 315 g/mol. The molecule has 0 bridgehead atoms. The van der Waals surface area contributed by atoms with Crippen molar-refractivity contribution in [2.75, 3.05) is 5.73 Å². The molecule has 0 saturated heterocycles. The van der Waals surface area contributed by atoms with Gasteiger partial charge >= 0.3 is 0 Å². The van der Waals surface area contributed by atoms with Crippen LogP contribution < -0.4 is 16.0 Å². The second-order valence-electron chi connectivity index (χ2n) is 3.11. The van der Waals surface area contributed by atoms with E-state index in [1.807, 2.05) is 0 Å². The van der Waals surface area contributed by atoms with Gasteiger partial charge in [-0.2, -0.15) is 0 Å². The fraction of sp³-hybridized carbons (Fsp3) is 0. The highest BCUT2D eigenvalue weighted by Crippen LogP contribution is 2.35. The summed E-state index contributed by atoms with van der Waals surface area (Å²) in [7, 11) is 0. The van der Waals surface area contributed by atoms with Crippen molar-refractivity contribution in [3.8, 4) is 11.6 Å². The molecule has 2 rings (SSSR count). The molecule has 0 spiro atoms. The van der Waals surface area contributed by atoms with Crippen LogP contribution in [-0.4, -0.2) is 9.97 Å². The van der Waals surface area contributed by atoms with Gasteiger partial charge in [0, 0.05) is 0 Å². The summed E-state index contributed by atoms with van der Waals surface area (Å²) in [4.78, 5) is 17.6. The second-order valence-corrected chi connectivity index (χ2v) is 4.31. The van der Waals surface area contributed by atoms with E-state index in [1.165, 1.54) is 6.33 Å². The van der Waals surface area contributed by atoms with Crippen molar-refractivity contribution in [3.05, 3.63) is 44.4 Å². The summed E-state index contributed by atoms with van der Waals surface area (Å²) >= 11 is 9.01. The van der Waals surface area contributed by atoms with Crippen molar-refractivity contribution in [1.29, 1.82) is 0 Å². The number of nitrogens with zero attached hydrogens (tertiary/aromatic N) is 1. The zero-order chi connectivity index (χ0) is 12.4. The lowest BCUT2D eigenvalue weighted by Gasteiger charge is -2.09. The number of halogens is 2. The molecule has 0 aliphatic carbocycles. The number of rotatable bonds is 2. The molecule has 1 heterocycles. The first-order chi connectivity index (χ1) is 8.09. The molecule has 1 aromatic heterocycles. The number of para-hydroxylation sites is 1. The van der Waals surface area contributed by atoms with Crippen LogP contribution >= 0.6 is 27.5 Å². The van der Waals surface area contributed by atoms with Gasteiger partial charge in [0.2, 0.25) is 5.88 Å². The molecule has 17 heavy (non-hydrogen) atoms. The molecular formula is C10H7BrClN3O2. The first-order valence-corrected chi connectivity index (χ1v) is 5.71. The highest BCUT2D eigenvalue weighted by molar-refractivity contribution is 9.10. The lowest BCUT2D eigenvalue weighted by molar-refractivity contribution is 0.459. The third-order valence-electron chi connectivity index (χ3n) is 1.96. The van der Waals surface area contributed by atoms with Gasteiger partial charge in [-0.15, -0.1) is 0 Å². The van der Waals surface area contributed by atoms with Crippen molar-refractivity contribution >= 4 is 33.2 Å². The number of nitrogen functional groups attached to an aromatic ring is 1. The largest absolute Gasteiger partial charge is 0.434 e. The third-order valence-corrected chi connectivity index (χ3v) is 2.96. The lowest BCUT2D eigenvalue weighted by Crippen LogP contribution is -2.08. The Bertz CT molecular complexity index is 594. The number of nitrogens with two attached hydrogens (primary N) is 1. The van der Waals surface area contributed by atoms with Crippen LogP contribution in [0.4, 0.5) is 5.69 Å². The average molecular weight is 317 g/mol. The molecule has 0 aliphatic rings. The SMILES string of the molecule is Nc1cccc(Cl)c1Oc1nc[nH]c(=O)c1Br. The van der Waals surface area contributed by atoms with Gasteiger partial charge in [-0.3, -0.25) is 4.79 Å². The molecule has 88 valence electrons. The quantitative estimate of drug-likeness (QED) is 0.834. The number of hydrogen-bond donors (Lipinski definition) is 2. The van der Waals surface area contributed by atoms with Gasteiger partial charge in [-0.25, -0.2) is 4.98 Å². The summed E-state index contributed by atoms with van der Waals surface area (Å²) in [5.74, 6) is 0.376. The molecule has 0 saturated carbocycles. The van der Waals surface area contributed by atoms with Gasteiger partial charge in [0.15, 0.2) is 5.75 Å². The third kappa shape index (κ3) is 2.42. The minimum atomic E-state index is -0.347. The Kier molecular flexibility index (Phi) is 3.35.